The average Bonchev–Trinajstić information content (AvgIpc) is 2.83. The van der Waals surface area contributed by atoms with E-state index in [1.165, 1.54) is 18.2 Å². The fourth-order valence-corrected chi connectivity index (χ4v) is 2.57. The summed E-state index contributed by atoms with van der Waals surface area (Å²) in [4.78, 5) is 13.9. The molecule has 1 amide bonds. The van der Waals surface area contributed by atoms with Gasteiger partial charge in [-0.25, -0.2) is 8.78 Å². The number of nitrogens with zero attached hydrogens (tertiary/aromatic N) is 1. The van der Waals surface area contributed by atoms with Crippen molar-refractivity contribution in [3.8, 4) is 0 Å². The van der Waals surface area contributed by atoms with Crippen LogP contribution < -0.4 is 5.32 Å². The Kier molecular flexibility index (Phi) is 4.47. The molecule has 1 atom stereocenters. The first-order valence-corrected chi connectivity index (χ1v) is 6.50. The highest BCUT2D eigenvalue weighted by atomic mass is 19.1. The Balaban J connectivity index is 2.08. The summed E-state index contributed by atoms with van der Waals surface area (Å²) in [6.07, 6.45) is 1.67. The van der Waals surface area contributed by atoms with Crippen LogP contribution in [-0.4, -0.2) is 37.0 Å². The largest absolute Gasteiger partial charge is 0.338 e. The summed E-state index contributed by atoms with van der Waals surface area (Å²) in [5, 5.41) is 3.04. The van der Waals surface area contributed by atoms with E-state index in [4.69, 9.17) is 0 Å². The molecule has 1 N–H and O–H groups in total. The lowest BCUT2D eigenvalue weighted by atomic mass is 10.1. The van der Waals surface area contributed by atoms with Crippen LogP contribution in [0.1, 0.15) is 18.4 Å². The maximum atomic E-state index is 13.5. The molecule has 3 nitrogen and oxygen atoms in total. The van der Waals surface area contributed by atoms with Gasteiger partial charge in [0, 0.05) is 24.7 Å². The number of likely N-dealkylation sites (N-methyl/N-ethyl adjacent to an activating group) is 1. The molecule has 2 rings (SSSR count). The van der Waals surface area contributed by atoms with Gasteiger partial charge in [0.05, 0.1) is 6.42 Å². The van der Waals surface area contributed by atoms with Crippen molar-refractivity contribution >= 4 is 5.91 Å². The first-order valence-electron chi connectivity index (χ1n) is 6.50. The number of nitrogens with one attached hydrogen (secondary N) is 1. The minimum atomic E-state index is -0.655. The molecule has 0 bridgehead atoms. The van der Waals surface area contributed by atoms with Gasteiger partial charge in [-0.15, -0.1) is 0 Å². The van der Waals surface area contributed by atoms with E-state index in [-0.39, 0.29) is 23.9 Å². The second-order valence-corrected chi connectivity index (χ2v) is 4.82. The fourth-order valence-electron chi connectivity index (χ4n) is 2.57. The van der Waals surface area contributed by atoms with Crippen LogP contribution in [0.25, 0.3) is 0 Å². The monoisotopic (exact) mass is 268 g/mol. The van der Waals surface area contributed by atoms with Crippen molar-refractivity contribution in [2.24, 2.45) is 0 Å². The molecule has 1 heterocycles. The Labute approximate surface area is 111 Å². The molecule has 1 saturated heterocycles. The van der Waals surface area contributed by atoms with E-state index >= 15 is 0 Å². The van der Waals surface area contributed by atoms with Gasteiger partial charge in [-0.2, -0.15) is 0 Å². The zero-order valence-corrected chi connectivity index (χ0v) is 11.0. The normalized spacial score (nSPS) is 18.9. The quantitative estimate of drug-likeness (QED) is 0.901. The summed E-state index contributed by atoms with van der Waals surface area (Å²) in [6.45, 7) is 1.38. The maximum absolute atomic E-state index is 13.5. The van der Waals surface area contributed by atoms with Crippen molar-refractivity contribution in [2.45, 2.75) is 25.3 Å². The number of benzene rings is 1. The Morgan fingerprint density at radius 2 is 2.11 bits per heavy atom. The molecule has 0 spiro atoms. The van der Waals surface area contributed by atoms with E-state index in [0.29, 0.717) is 13.1 Å². The smallest absolute Gasteiger partial charge is 0.227 e. The van der Waals surface area contributed by atoms with Crippen LogP contribution in [0.5, 0.6) is 0 Å². The fraction of sp³-hybridized carbons (Fsp3) is 0.500. The van der Waals surface area contributed by atoms with Crippen molar-refractivity contribution in [1.29, 1.82) is 0 Å². The van der Waals surface area contributed by atoms with E-state index in [1.807, 2.05) is 7.05 Å². The third-order valence-electron chi connectivity index (χ3n) is 3.53. The van der Waals surface area contributed by atoms with Crippen molar-refractivity contribution in [3.63, 3.8) is 0 Å². The number of hydrogen-bond donors (Lipinski definition) is 1. The second-order valence-electron chi connectivity index (χ2n) is 4.82. The molecule has 0 aromatic heterocycles. The molecule has 104 valence electrons. The van der Waals surface area contributed by atoms with Crippen LogP contribution in [-0.2, 0) is 11.2 Å². The van der Waals surface area contributed by atoms with Gasteiger partial charge in [-0.05, 0) is 32.0 Å². The number of likely N-dealkylation sites (tertiary alicyclic amines) is 1. The number of carbonyl (C=O) groups is 1. The van der Waals surface area contributed by atoms with E-state index in [2.05, 4.69) is 5.32 Å². The summed E-state index contributed by atoms with van der Waals surface area (Å²) in [5.74, 6) is -1.52. The van der Waals surface area contributed by atoms with Crippen LogP contribution in [0.15, 0.2) is 18.2 Å². The lowest BCUT2D eigenvalue weighted by Crippen LogP contribution is -2.41. The maximum Gasteiger partial charge on any atom is 0.227 e. The van der Waals surface area contributed by atoms with E-state index < -0.39 is 11.6 Å². The summed E-state index contributed by atoms with van der Waals surface area (Å²) in [6, 6.07) is 3.80. The van der Waals surface area contributed by atoms with Crippen molar-refractivity contribution in [2.75, 3.05) is 20.1 Å². The van der Waals surface area contributed by atoms with Gasteiger partial charge in [0.25, 0.3) is 0 Å². The van der Waals surface area contributed by atoms with E-state index in [1.54, 1.807) is 4.90 Å². The molecule has 1 aliphatic rings. The van der Waals surface area contributed by atoms with Crippen LogP contribution >= 0.6 is 0 Å². The highest BCUT2D eigenvalue weighted by Crippen LogP contribution is 2.20. The molecule has 1 aromatic carbocycles. The number of hydrogen-bond acceptors (Lipinski definition) is 2. The molecule has 5 heteroatoms. The van der Waals surface area contributed by atoms with Crippen molar-refractivity contribution in [1.82, 2.24) is 10.2 Å². The van der Waals surface area contributed by atoms with Crippen LogP contribution in [0.2, 0.25) is 0 Å². The third kappa shape index (κ3) is 3.10. The standard InChI is InChI=1S/C14H18F2N2O/c1-17-9-10-4-3-7-18(10)14(19)8-11-12(15)5-2-6-13(11)16/h2,5-6,10,17H,3-4,7-9H2,1H3. The van der Waals surface area contributed by atoms with Crippen LogP contribution in [0.3, 0.4) is 0 Å². The van der Waals surface area contributed by atoms with E-state index in [9.17, 15) is 13.6 Å². The van der Waals surface area contributed by atoms with E-state index in [0.717, 1.165) is 12.8 Å². The number of halogens is 2. The average molecular weight is 268 g/mol. The molecule has 1 fully saturated rings. The Morgan fingerprint density at radius 3 is 2.74 bits per heavy atom. The molecular formula is C14H18F2N2O. The number of rotatable bonds is 4. The highest BCUT2D eigenvalue weighted by molar-refractivity contribution is 5.79. The number of amides is 1. The minimum absolute atomic E-state index is 0.132. The van der Waals surface area contributed by atoms with Gasteiger partial charge < -0.3 is 10.2 Å². The topological polar surface area (TPSA) is 32.3 Å². The molecule has 1 aromatic rings. The first kappa shape index (κ1) is 13.9. The summed E-state index contributed by atoms with van der Waals surface area (Å²) >= 11 is 0. The first-order chi connectivity index (χ1) is 9.13. The Morgan fingerprint density at radius 1 is 1.42 bits per heavy atom. The third-order valence-corrected chi connectivity index (χ3v) is 3.53. The molecule has 1 unspecified atom stereocenters. The van der Waals surface area contributed by atoms with Gasteiger partial charge in [0.1, 0.15) is 11.6 Å². The van der Waals surface area contributed by atoms with Crippen LogP contribution in [0, 0.1) is 11.6 Å². The van der Waals surface area contributed by atoms with Gasteiger partial charge in [-0.3, -0.25) is 4.79 Å². The Bertz CT molecular complexity index is 445. The predicted octanol–water partition coefficient (Wildman–Crippen LogP) is 1.72. The number of carbonyl (C=O) groups excluding carboxylic acids is 1. The summed E-state index contributed by atoms with van der Waals surface area (Å²) < 4.78 is 27.0. The van der Waals surface area contributed by atoms with Crippen molar-refractivity contribution in [3.05, 3.63) is 35.4 Å². The summed E-state index contributed by atoms with van der Waals surface area (Å²) in [7, 11) is 1.83. The zero-order chi connectivity index (χ0) is 13.8. The van der Waals surface area contributed by atoms with Gasteiger partial charge in [0.15, 0.2) is 0 Å². The predicted molar refractivity (Wildman–Crippen MR) is 68.7 cm³/mol. The minimum Gasteiger partial charge on any atom is -0.338 e. The molecule has 0 aliphatic carbocycles. The zero-order valence-electron chi connectivity index (χ0n) is 11.0. The lowest BCUT2D eigenvalue weighted by Gasteiger charge is -2.24. The molecule has 0 radical (unpaired) electrons. The van der Waals surface area contributed by atoms with Gasteiger partial charge >= 0.3 is 0 Å². The summed E-state index contributed by atoms with van der Waals surface area (Å²) in [5.41, 5.74) is -0.136. The second kappa shape index (κ2) is 6.10. The lowest BCUT2D eigenvalue weighted by molar-refractivity contribution is -0.131. The Hall–Kier alpha value is -1.49. The molecular weight excluding hydrogens is 250 g/mol. The van der Waals surface area contributed by atoms with Gasteiger partial charge in [-0.1, -0.05) is 6.07 Å². The molecule has 19 heavy (non-hydrogen) atoms. The SMILES string of the molecule is CNCC1CCCN1C(=O)Cc1c(F)cccc1F. The van der Waals surface area contributed by atoms with Gasteiger partial charge in [0.2, 0.25) is 5.91 Å². The van der Waals surface area contributed by atoms with Crippen molar-refractivity contribution < 1.29 is 13.6 Å². The van der Waals surface area contributed by atoms with Crippen LogP contribution in [0.4, 0.5) is 8.78 Å². The molecule has 0 saturated carbocycles. The molecule has 1 aliphatic heterocycles. The highest BCUT2D eigenvalue weighted by Gasteiger charge is 2.28.